The first kappa shape index (κ1) is 33.4. The molecule has 2 amide bonds. The predicted octanol–water partition coefficient (Wildman–Crippen LogP) is 5.91. The van der Waals surface area contributed by atoms with Crippen molar-refractivity contribution >= 4 is 39.4 Å². The number of carbonyl (C=O) groups is 2. The molecule has 2 fully saturated rings. The van der Waals surface area contributed by atoms with Crippen LogP contribution in [0.5, 0.6) is 5.88 Å². The number of hydrogen-bond donors (Lipinski definition) is 3. The van der Waals surface area contributed by atoms with E-state index in [1.165, 1.54) is 46.1 Å². The van der Waals surface area contributed by atoms with E-state index < -0.39 is 57.0 Å². The van der Waals surface area contributed by atoms with Crippen LogP contribution in [0.3, 0.4) is 0 Å². The monoisotopic (exact) mass is 729 g/mol. The quantitative estimate of drug-likeness (QED) is 0.134. The highest BCUT2D eigenvalue weighted by Gasteiger charge is 2.62. The molecule has 0 bridgehead atoms. The fourth-order valence-corrected chi connectivity index (χ4v) is 6.95. The number of carboxylic acid groups (broad SMARTS) is 1. The minimum Gasteiger partial charge on any atom is -0.477 e. The highest BCUT2D eigenvalue weighted by Crippen LogP contribution is 2.60. The molecule has 1 saturated carbocycles. The Balaban J connectivity index is 1.13. The number of ether oxygens (including phenoxy) is 1. The summed E-state index contributed by atoms with van der Waals surface area (Å²) >= 11 is 6.23. The minimum absolute atomic E-state index is 0.0114. The first-order valence-corrected chi connectivity index (χ1v) is 17.3. The predicted molar refractivity (Wildman–Crippen MR) is 172 cm³/mol. The lowest BCUT2D eigenvalue weighted by molar-refractivity contribution is -0.189. The summed E-state index contributed by atoms with van der Waals surface area (Å²) in [5, 5.41) is 15.8. The van der Waals surface area contributed by atoms with Gasteiger partial charge in [0.2, 0.25) is 5.88 Å². The third kappa shape index (κ3) is 8.55. The van der Waals surface area contributed by atoms with Crippen LogP contribution in [0, 0.1) is 11.3 Å². The second kappa shape index (κ2) is 14.0. The normalized spacial score (nSPS) is 19.1. The average Bonchev–Trinajstić information content (AvgIpc) is 3.66. The second-order valence-electron chi connectivity index (χ2n) is 12.6. The van der Waals surface area contributed by atoms with Crippen molar-refractivity contribution in [1.29, 1.82) is 0 Å². The molecule has 0 radical (unpaired) electrons. The Morgan fingerprint density at radius 2 is 1.92 bits per heavy atom. The fourth-order valence-electron chi connectivity index (χ4n) is 5.78. The third-order valence-corrected chi connectivity index (χ3v) is 10.0. The van der Waals surface area contributed by atoms with Gasteiger partial charge < -0.3 is 20.1 Å². The number of hydrogen-bond acceptors (Lipinski definition) is 9. The van der Waals surface area contributed by atoms with E-state index in [0.29, 0.717) is 19.5 Å². The Bertz CT molecular complexity index is 1890. The molecule has 266 valence electrons. The zero-order chi connectivity index (χ0) is 37.4. The van der Waals surface area contributed by atoms with Crippen LogP contribution in [0.4, 0.5) is 23.8 Å². The van der Waals surface area contributed by atoms with E-state index in [0.717, 1.165) is 12.8 Å². The number of rotatable bonds is 14. The van der Waals surface area contributed by atoms with E-state index in [4.69, 9.17) is 19.1 Å². The standard InChI is InChI=1S/C31H37ClF3N7O6S/c1-29(2)18-20(19-41(29)28(44)45)6-4-15-36-22-7-3-8-25(37-22)49(46,47)40-27(43)21-9-10-23(38-26(21)32)42-16-11-24(39-42)48-17-5-12-30(13-14-30)31(33,34)35/h3,7-11,16,20H,4-6,12-15,17-19H2,1-2H3,(H,36,37)(H,40,43)(H,44,45)/t20-/m0/s1/i12D2. The van der Waals surface area contributed by atoms with Crippen molar-refractivity contribution in [2.45, 2.75) is 75.5 Å². The molecule has 5 rings (SSSR count). The molecule has 3 N–H and O–H groups in total. The number of carbonyl (C=O) groups excluding carboxylic acids is 1. The summed E-state index contributed by atoms with van der Waals surface area (Å²) in [5.74, 6) is -0.503. The van der Waals surface area contributed by atoms with Gasteiger partial charge in [0, 0.05) is 33.6 Å². The molecule has 13 nitrogen and oxygen atoms in total. The Morgan fingerprint density at radius 1 is 1.16 bits per heavy atom. The number of alkyl halides is 3. The molecule has 1 aliphatic carbocycles. The third-order valence-electron chi connectivity index (χ3n) is 8.50. The van der Waals surface area contributed by atoms with Crippen LogP contribution in [-0.4, -0.2) is 81.6 Å². The lowest BCUT2D eigenvalue weighted by atomic mass is 9.93. The number of likely N-dealkylation sites (tertiary alicyclic amines) is 1. The van der Waals surface area contributed by atoms with Crippen molar-refractivity contribution in [1.82, 2.24) is 29.4 Å². The highest BCUT2D eigenvalue weighted by atomic mass is 35.5. The molecule has 0 unspecified atom stereocenters. The number of pyridine rings is 2. The van der Waals surface area contributed by atoms with Crippen LogP contribution < -0.4 is 14.8 Å². The Hall–Kier alpha value is -4.12. The van der Waals surface area contributed by atoms with Gasteiger partial charge in [-0.15, -0.1) is 5.10 Å². The molecule has 4 heterocycles. The number of nitrogens with one attached hydrogen (secondary N) is 2. The van der Waals surface area contributed by atoms with Crippen LogP contribution in [0.25, 0.3) is 5.82 Å². The maximum atomic E-state index is 13.4. The molecule has 0 spiro atoms. The summed E-state index contributed by atoms with van der Waals surface area (Å²) in [4.78, 5) is 34.1. The summed E-state index contributed by atoms with van der Waals surface area (Å²) in [7, 11) is -4.43. The van der Waals surface area contributed by atoms with Crippen molar-refractivity contribution in [2.24, 2.45) is 11.3 Å². The Labute approximate surface area is 289 Å². The zero-order valence-corrected chi connectivity index (χ0v) is 28.2. The van der Waals surface area contributed by atoms with E-state index in [9.17, 15) is 36.3 Å². The zero-order valence-electron chi connectivity index (χ0n) is 28.6. The van der Waals surface area contributed by atoms with Crippen molar-refractivity contribution < 1.29 is 43.8 Å². The van der Waals surface area contributed by atoms with E-state index in [1.54, 1.807) is 6.07 Å². The van der Waals surface area contributed by atoms with Gasteiger partial charge in [-0.1, -0.05) is 17.7 Å². The molecule has 1 saturated heterocycles. The van der Waals surface area contributed by atoms with Gasteiger partial charge in [-0.2, -0.15) is 21.6 Å². The van der Waals surface area contributed by atoms with Crippen LogP contribution in [0.2, 0.25) is 5.15 Å². The molecule has 49 heavy (non-hydrogen) atoms. The smallest absolute Gasteiger partial charge is 0.407 e. The van der Waals surface area contributed by atoms with Crippen molar-refractivity contribution in [3.05, 3.63) is 53.3 Å². The van der Waals surface area contributed by atoms with E-state index in [1.807, 2.05) is 18.6 Å². The van der Waals surface area contributed by atoms with E-state index in [2.05, 4.69) is 20.4 Å². The summed E-state index contributed by atoms with van der Waals surface area (Å²) in [6.07, 6.45) is -5.53. The van der Waals surface area contributed by atoms with Crippen molar-refractivity contribution in [2.75, 3.05) is 25.0 Å². The largest absolute Gasteiger partial charge is 0.477 e. The van der Waals surface area contributed by atoms with Gasteiger partial charge in [0.05, 0.1) is 17.6 Å². The SMILES string of the molecule is [2H]C([2H])(CCOc1ccn(-c2ccc(C(=O)NS(=O)(=O)c3cccc(NCCC[C@@H]4CN(C(=O)O)C(C)(C)C4)n3)c(Cl)n2)n1)C1(C(F)(F)F)CC1. The van der Waals surface area contributed by atoms with Gasteiger partial charge in [0.1, 0.15) is 11.0 Å². The number of sulfonamides is 1. The molecular weight excluding hydrogens is 691 g/mol. The van der Waals surface area contributed by atoms with Crippen molar-refractivity contribution in [3.63, 3.8) is 0 Å². The summed E-state index contributed by atoms with van der Waals surface area (Å²) in [6, 6.07) is 8.20. The highest BCUT2D eigenvalue weighted by molar-refractivity contribution is 7.90. The fraction of sp³-hybridized carbons (Fsp3) is 0.516. The first-order chi connectivity index (χ1) is 23.7. The van der Waals surface area contributed by atoms with E-state index in [-0.39, 0.29) is 53.6 Å². The lowest BCUT2D eigenvalue weighted by Crippen LogP contribution is -2.41. The molecule has 1 aliphatic heterocycles. The Morgan fingerprint density at radius 3 is 2.57 bits per heavy atom. The lowest BCUT2D eigenvalue weighted by Gasteiger charge is -2.28. The van der Waals surface area contributed by atoms with Gasteiger partial charge in [0.25, 0.3) is 15.9 Å². The molecule has 0 aromatic carbocycles. The number of anilines is 1. The summed E-state index contributed by atoms with van der Waals surface area (Å²) in [5.41, 5.74) is -3.06. The van der Waals surface area contributed by atoms with Crippen LogP contribution in [-0.2, 0) is 10.0 Å². The number of halogens is 4. The van der Waals surface area contributed by atoms with Gasteiger partial charge in [-0.25, -0.2) is 24.2 Å². The minimum atomic E-state index is -4.65. The van der Waals surface area contributed by atoms with Gasteiger partial charge >= 0.3 is 12.3 Å². The number of aromatic nitrogens is 4. The maximum absolute atomic E-state index is 13.4. The van der Waals surface area contributed by atoms with Crippen LogP contribution in [0.1, 0.15) is 71.8 Å². The molecule has 18 heteroatoms. The molecule has 2 aliphatic rings. The van der Waals surface area contributed by atoms with Crippen molar-refractivity contribution in [3.8, 4) is 11.7 Å². The molecule has 3 aromatic rings. The summed E-state index contributed by atoms with van der Waals surface area (Å²) < 4.78 is 90.5. The number of amides is 2. The summed E-state index contributed by atoms with van der Waals surface area (Å²) in [6.45, 7) is 4.36. The van der Waals surface area contributed by atoms with Gasteiger partial charge in [-0.3, -0.25) is 4.79 Å². The first-order valence-electron chi connectivity index (χ1n) is 16.5. The van der Waals surface area contributed by atoms with E-state index >= 15 is 0 Å². The van der Waals surface area contributed by atoms with Crippen LogP contribution >= 0.6 is 11.6 Å². The van der Waals surface area contributed by atoms with Crippen LogP contribution in [0.15, 0.2) is 47.6 Å². The van der Waals surface area contributed by atoms with Gasteiger partial charge in [-0.05, 0) is 88.9 Å². The molecule has 3 aromatic heterocycles. The number of nitrogens with zero attached hydrogens (tertiary/aromatic N) is 5. The Kier molecular flexibility index (Phi) is 9.55. The van der Waals surface area contributed by atoms with Gasteiger partial charge in [0.15, 0.2) is 10.8 Å². The maximum Gasteiger partial charge on any atom is 0.407 e. The second-order valence-corrected chi connectivity index (χ2v) is 14.6. The topological polar surface area (TPSA) is 169 Å². The molecular formula is C31H37ClF3N7O6S. The molecule has 1 atom stereocenters. The average molecular weight is 730 g/mol.